The van der Waals surface area contributed by atoms with E-state index >= 15 is 0 Å². The van der Waals surface area contributed by atoms with Gasteiger partial charge in [-0.05, 0) is 43.4 Å². The predicted octanol–water partition coefficient (Wildman–Crippen LogP) is 5.09. The second kappa shape index (κ2) is 5.49. The van der Waals surface area contributed by atoms with Crippen molar-refractivity contribution in [1.82, 2.24) is 14.8 Å². The van der Waals surface area contributed by atoms with E-state index in [1.807, 2.05) is 12.1 Å². The maximum Gasteiger partial charge on any atom is 0.191 e. The minimum Gasteiger partial charge on any atom is -0.303 e. The Balaban J connectivity index is 1.54. The summed E-state index contributed by atoms with van der Waals surface area (Å²) in [5, 5.41) is 11.3. The van der Waals surface area contributed by atoms with Gasteiger partial charge in [-0.15, -0.1) is 10.2 Å². The molecular weight excluding hydrogens is 325 g/mol. The topological polar surface area (TPSA) is 30.7 Å². The third-order valence-corrected chi connectivity index (χ3v) is 5.50. The molecule has 4 rings (SSSR count). The lowest BCUT2D eigenvalue weighted by Gasteiger charge is -2.08. The summed E-state index contributed by atoms with van der Waals surface area (Å²) in [5.41, 5.74) is 1.09. The molecule has 2 aromatic rings. The summed E-state index contributed by atoms with van der Waals surface area (Å²) >= 11 is 13.9. The lowest BCUT2D eigenvalue weighted by molar-refractivity contribution is 0.627. The van der Waals surface area contributed by atoms with E-state index in [1.165, 1.54) is 31.5 Å². The van der Waals surface area contributed by atoms with Gasteiger partial charge < -0.3 is 4.57 Å². The zero-order chi connectivity index (χ0) is 14.4. The van der Waals surface area contributed by atoms with Gasteiger partial charge in [0.2, 0.25) is 0 Å². The Labute approximate surface area is 138 Å². The molecule has 0 aliphatic heterocycles. The molecule has 1 heterocycles. The summed E-state index contributed by atoms with van der Waals surface area (Å²) < 4.78 is 2.37. The fourth-order valence-electron chi connectivity index (χ4n) is 2.46. The third kappa shape index (κ3) is 2.94. The Morgan fingerprint density at radius 2 is 1.95 bits per heavy atom. The van der Waals surface area contributed by atoms with Crippen molar-refractivity contribution in [1.29, 1.82) is 0 Å². The van der Waals surface area contributed by atoms with Crippen LogP contribution in [-0.2, 0) is 5.75 Å². The first-order valence-electron chi connectivity index (χ1n) is 7.24. The molecule has 0 spiro atoms. The van der Waals surface area contributed by atoms with E-state index in [9.17, 15) is 0 Å². The van der Waals surface area contributed by atoms with Crippen LogP contribution in [0.2, 0.25) is 10.0 Å². The van der Waals surface area contributed by atoms with E-state index in [1.54, 1.807) is 17.8 Å². The van der Waals surface area contributed by atoms with Crippen molar-refractivity contribution in [3.8, 4) is 0 Å². The zero-order valence-electron chi connectivity index (χ0n) is 11.4. The van der Waals surface area contributed by atoms with E-state index in [0.29, 0.717) is 17.0 Å². The van der Waals surface area contributed by atoms with E-state index in [2.05, 4.69) is 14.8 Å². The smallest absolute Gasteiger partial charge is 0.191 e. The maximum absolute atomic E-state index is 6.24. The van der Waals surface area contributed by atoms with Crippen LogP contribution in [0.1, 0.15) is 49.0 Å². The van der Waals surface area contributed by atoms with Gasteiger partial charge in [0.15, 0.2) is 5.16 Å². The first kappa shape index (κ1) is 13.9. The van der Waals surface area contributed by atoms with Crippen LogP contribution >= 0.6 is 35.0 Å². The van der Waals surface area contributed by atoms with E-state index in [-0.39, 0.29) is 0 Å². The normalized spacial score (nSPS) is 18.2. The number of rotatable bonds is 5. The number of benzene rings is 1. The summed E-state index contributed by atoms with van der Waals surface area (Å²) in [6.07, 6.45) is 5.04. The van der Waals surface area contributed by atoms with Crippen LogP contribution in [0.25, 0.3) is 0 Å². The molecule has 0 atom stereocenters. The van der Waals surface area contributed by atoms with Crippen LogP contribution in [0.15, 0.2) is 23.4 Å². The minimum absolute atomic E-state index is 0.624. The van der Waals surface area contributed by atoms with Crippen molar-refractivity contribution in [3.05, 3.63) is 39.6 Å². The highest BCUT2D eigenvalue weighted by Crippen LogP contribution is 2.46. The second-order valence-corrected chi connectivity index (χ2v) is 7.53. The molecule has 0 saturated heterocycles. The first-order chi connectivity index (χ1) is 10.2. The molecule has 21 heavy (non-hydrogen) atoms. The van der Waals surface area contributed by atoms with Gasteiger partial charge in [-0.25, -0.2) is 0 Å². The second-order valence-electron chi connectivity index (χ2n) is 5.74. The van der Waals surface area contributed by atoms with Gasteiger partial charge in [0.1, 0.15) is 5.82 Å². The number of nitrogens with zero attached hydrogens (tertiary/aromatic N) is 3. The number of hydrogen-bond acceptors (Lipinski definition) is 3. The van der Waals surface area contributed by atoms with Gasteiger partial charge in [-0.3, -0.25) is 0 Å². The van der Waals surface area contributed by atoms with Crippen LogP contribution in [0, 0.1) is 0 Å². The van der Waals surface area contributed by atoms with Gasteiger partial charge in [-0.1, -0.05) is 41.0 Å². The van der Waals surface area contributed by atoms with Crippen LogP contribution in [0.3, 0.4) is 0 Å². The minimum atomic E-state index is 0.624. The van der Waals surface area contributed by atoms with Crippen LogP contribution in [0.4, 0.5) is 0 Å². The number of thioether (sulfide) groups is 1. The highest BCUT2D eigenvalue weighted by Gasteiger charge is 2.36. The molecule has 0 bridgehead atoms. The van der Waals surface area contributed by atoms with Crippen molar-refractivity contribution in [2.75, 3.05) is 0 Å². The number of aromatic nitrogens is 3. The Morgan fingerprint density at radius 1 is 1.14 bits per heavy atom. The highest BCUT2D eigenvalue weighted by molar-refractivity contribution is 7.98. The Morgan fingerprint density at radius 3 is 2.62 bits per heavy atom. The van der Waals surface area contributed by atoms with Gasteiger partial charge in [0, 0.05) is 27.8 Å². The van der Waals surface area contributed by atoms with Gasteiger partial charge in [0.05, 0.1) is 0 Å². The molecule has 2 saturated carbocycles. The molecule has 0 radical (unpaired) electrons. The van der Waals surface area contributed by atoms with Crippen molar-refractivity contribution in [2.45, 2.75) is 48.6 Å². The third-order valence-electron chi connectivity index (χ3n) is 3.92. The Hall–Kier alpha value is -0.710. The molecule has 1 aromatic heterocycles. The summed E-state index contributed by atoms with van der Waals surface area (Å²) in [5.74, 6) is 2.64. The SMILES string of the molecule is Clc1ccc(CSc2nnc(C3CC3)n2C2CC2)c(Cl)c1. The number of halogens is 2. The molecule has 3 nitrogen and oxygen atoms in total. The molecular formula is C15H15Cl2N3S. The van der Waals surface area contributed by atoms with E-state index in [0.717, 1.165) is 21.5 Å². The molecule has 110 valence electrons. The van der Waals surface area contributed by atoms with Crippen molar-refractivity contribution in [3.63, 3.8) is 0 Å². The predicted molar refractivity (Wildman–Crippen MR) is 86.3 cm³/mol. The highest BCUT2D eigenvalue weighted by atomic mass is 35.5. The van der Waals surface area contributed by atoms with Crippen LogP contribution in [-0.4, -0.2) is 14.8 Å². The Kier molecular flexibility index (Phi) is 3.64. The first-order valence-corrected chi connectivity index (χ1v) is 8.98. The quantitative estimate of drug-likeness (QED) is 0.711. The average Bonchev–Trinajstić information content (AvgIpc) is 3.37. The summed E-state index contributed by atoms with van der Waals surface area (Å²) in [6.45, 7) is 0. The molecule has 1 aromatic carbocycles. The van der Waals surface area contributed by atoms with Gasteiger partial charge in [0.25, 0.3) is 0 Å². The monoisotopic (exact) mass is 339 g/mol. The Bertz CT molecular complexity index is 678. The van der Waals surface area contributed by atoms with Crippen molar-refractivity contribution in [2.24, 2.45) is 0 Å². The molecule has 0 N–H and O–H groups in total. The largest absolute Gasteiger partial charge is 0.303 e. The fraction of sp³-hybridized carbons (Fsp3) is 0.467. The van der Waals surface area contributed by atoms with Gasteiger partial charge in [-0.2, -0.15) is 0 Å². The maximum atomic E-state index is 6.24. The van der Waals surface area contributed by atoms with Gasteiger partial charge >= 0.3 is 0 Å². The standard InChI is InChI=1S/C15H15Cl2N3S/c16-11-4-3-10(13(17)7-11)8-21-15-19-18-14(9-1-2-9)20(15)12-5-6-12/h3-4,7,9,12H,1-2,5-6,8H2. The molecule has 2 fully saturated rings. The lowest BCUT2D eigenvalue weighted by Crippen LogP contribution is -2.02. The molecule has 6 heteroatoms. The lowest BCUT2D eigenvalue weighted by atomic mass is 10.2. The number of hydrogen-bond donors (Lipinski definition) is 0. The fourth-order valence-corrected chi connectivity index (χ4v) is 4.03. The zero-order valence-corrected chi connectivity index (χ0v) is 13.8. The molecule has 0 unspecified atom stereocenters. The molecule has 2 aliphatic carbocycles. The molecule has 2 aliphatic rings. The summed E-state index contributed by atoms with van der Waals surface area (Å²) in [6, 6.07) is 6.28. The van der Waals surface area contributed by atoms with Crippen molar-refractivity contribution < 1.29 is 0 Å². The van der Waals surface area contributed by atoms with Crippen LogP contribution in [0.5, 0.6) is 0 Å². The molecule has 0 amide bonds. The summed E-state index contributed by atoms with van der Waals surface area (Å²) in [4.78, 5) is 0. The summed E-state index contributed by atoms with van der Waals surface area (Å²) in [7, 11) is 0. The van der Waals surface area contributed by atoms with E-state index in [4.69, 9.17) is 23.2 Å². The average molecular weight is 340 g/mol. The van der Waals surface area contributed by atoms with E-state index < -0.39 is 0 Å². The van der Waals surface area contributed by atoms with Crippen molar-refractivity contribution >= 4 is 35.0 Å². The van der Waals surface area contributed by atoms with Crippen LogP contribution < -0.4 is 0 Å².